The lowest BCUT2D eigenvalue weighted by molar-refractivity contribution is -0.137. The molecule has 0 fully saturated rings. The van der Waals surface area contributed by atoms with E-state index in [-0.39, 0.29) is 12.1 Å². The Morgan fingerprint density at radius 2 is 1.76 bits per heavy atom. The molecular formula is C15H14F4N2. The zero-order valence-corrected chi connectivity index (χ0v) is 11.3. The molecule has 0 atom stereocenters. The lowest BCUT2D eigenvalue weighted by Gasteiger charge is -2.10. The monoisotopic (exact) mass is 298 g/mol. The van der Waals surface area contributed by atoms with Crippen LogP contribution in [0.1, 0.15) is 22.4 Å². The zero-order valence-electron chi connectivity index (χ0n) is 11.3. The van der Waals surface area contributed by atoms with E-state index in [1.807, 2.05) is 19.1 Å². The van der Waals surface area contributed by atoms with Crippen LogP contribution in [0.25, 0.3) is 0 Å². The summed E-state index contributed by atoms with van der Waals surface area (Å²) in [4.78, 5) is 4.12. The third kappa shape index (κ3) is 4.53. The first-order chi connectivity index (χ1) is 9.84. The summed E-state index contributed by atoms with van der Waals surface area (Å²) in [5, 5.41) is 2.97. The molecule has 0 spiro atoms. The molecule has 0 aliphatic heterocycles. The van der Waals surface area contributed by atoms with Gasteiger partial charge in [0.15, 0.2) is 0 Å². The highest BCUT2D eigenvalue weighted by Crippen LogP contribution is 2.30. The van der Waals surface area contributed by atoms with Crippen molar-refractivity contribution in [3.8, 4) is 0 Å². The van der Waals surface area contributed by atoms with Gasteiger partial charge in [0.25, 0.3) is 0 Å². The molecule has 1 heterocycles. The molecule has 2 aromatic rings. The van der Waals surface area contributed by atoms with Crippen LogP contribution >= 0.6 is 0 Å². The highest BCUT2D eigenvalue weighted by atomic mass is 19.4. The second kappa shape index (κ2) is 6.22. The third-order valence-corrected chi connectivity index (χ3v) is 2.92. The van der Waals surface area contributed by atoms with Crippen molar-refractivity contribution in [1.82, 2.24) is 10.3 Å². The predicted molar refractivity (Wildman–Crippen MR) is 70.9 cm³/mol. The number of aromatic nitrogens is 1. The van der Waals surface area contributed by atoms with Crippen LogP contribution in [0, 0.1) is 12.7 Å². The lowest BCUT2D eigenvalue weighted by Crippen LogP contribution is -2.14. The average Bonchev–Trinajstić information content (AvgIpc) is 2.39. The molecule has 21 heavy (non-hydrogen) atoms. The van der Waals surface area contributed by atoms with Gasteiger partial charge in [-0.25, -0.2) is 4.39 Å². The lowest BCUT2D eigenvalue weighted by atomic mass is 10.1. The summed E-state index contributed by atoms with van der Waals surface area (Å²) in [5.41, 5.74) is 1.07. The standard InChI is InChI=1S/C15H14F4N2/c1-10-2-3-11(9-21-10)7-20-8-12-4-13(15(17,18)19)6-14(16)5-12/h2-6,9,20H,7-8H2,1H3. The Bertz CT molecular complexity index is 606. The molecule has 0 bridgehead atoms. The van der Waals surface area contributed by atoms with E-state index in [0.29, 0.717) is 12.6 Å². The van der Waals surface area contributed by atoms with Gasteiger partial charge < -0.3 is 5.32 Å². The number of nitrogens with one attached hydrogen (secondary N) is 1. The van der Waals surface area contributed by atoms with Crippen molar-refractivity contribution in [3.05, 3.63) is 64.7 Å². The smallest absolute Gasteiger partial charge is 0.309 e. The Morgan fingerprint density at radius 3 is 2.38 bits per heavy atom. The number of halogens is 4. The van der Waals surface area contributed by atoms with Gasteiger partial charge in [-0.1, -0.05) is 6.07 Å². The largest absolute Gasteiger partial charge is 0.416 e. The topological polar surface area (TPSA) is 24.9 Å². The molecule has 0 saturated carbocycles. The number of benzene rings is 1. The first kappa shape index (κ1) is 15.4. The molecule has 0 aliphatic carbocycles. The van der Waals surface area contributed by atoms with Crippen molar-refractivity contribution in [3.63, 3.8) is 0 Å². The molecule has 0 radical (unpaired) electrons. The van der Waals surface area contributed by atoms with Crippen LogP contribution in [0.2, 0.25) is 0 Å². The summed E-state index contributed by atoms with van der Waals surface area (Å²) < 4.78 is 50.9. The molecule has 0 aliphatic rings. The second-order valence-corrected chi connectivity index (χ2v) is 4.76. The maximum absolute atomic E-state index is 13.2. The minimum atomic E-state index is -4.54. The van der Waals surface area contributed by atoms with Crippen LogP contribution in [0.4, 0.5) is 17.6 Å². The second-order valence-electron chi connectivity index (χ2n) is 4.76. The van der Waals surface area contributed by atoms with Crippen LogP contribution in [0.3, 0.4) is 0 Å². The van der Waals surface area contributed by atoms with E-state index in [2.05, 4.69) is 10.3 Å². The quantitative estimate of drug-likeness (QED) is 0.868. The van der Waals surface area contributed by atoms with Crippen LogP contribution in [0.15, 0.2) is 36.5 Å². The normalized spacial score (nSPS) is 11.7. The molecule has 0 unspecified atom stereocenters. The van der Waals surface area contributed by atoms with Crippen LogP contribution in [0.5, 0.6) is 0 Å². The maximum Gasteiger partial charge on any atom is 0.416 e. The summed E-state index contributed by atoms with van der Waals surface area (Å²) in [6.45, 7) is 2.46. The molecule has 6 heteroatoms. The van der Waals surface area contributed by atoms with Gasteiger partial charge in [-0.2, -0.15) is 13.2 Å². The molecule has 2 rings (SSSR count). The van der Waals surface area contributed by atoms with Crippen molar-refractivity contribution in [2.45, 2.75) is 26.2 Å². The molecule has 0 amide bonds. The maximum atomic E-state index is 13.2. The number of alkyl halides is 3. The van der Waals surface area contributed by atoms with E-state index < -0.39 is 17.6 Å². The Morgan fingerprint density at radius 1 is 1.05 bits per heavy atom. The summed E-state index contributed by atoms with van der Waals surface area (Å²) in [6, 6.07) is 6.26. The Labute approximate surface area is 119 Å². The van der Waals surface area contributed by atoms with Gasteiger partial charge in [0.05, 0.1) is 5.56 Å². The summed E-state index contributed by atoms with van der Waals surface area (Å²) >= 11 is 0. The fourth-order valence-corrected chi connectivity index (χ4v) is 1.87. The van der Waals surface area contributed by atoms with Crippen molar-refractivity contribution < 1.29 is 17.6 Å². The SMILES string of the molecule is Cc1ccc(CNCc2cc(F)cc(C(F)(F)F)c2)cn1. The van der Waals surface area contributed by atoms with Crippen LogP contribution in [-0.4, -0.2) is 4.98 Å². The Balaban J connectivity index is 2.00. The van der Waals surface area contributed by atoms with Gasteiger partial charge in [0.1, 0.15) is 5.82 Å². The highest BCUT2D eigenvalue weighted by Gasteiger charge is 2.31. The minimum Gasteiger partial charge on any atom is -0.309 e. The summed E-state index contributed by atoms with van der Waals surface area (Å²) in [7, 11) is 0. The number of nitrogens with zero attached hydrogens (tertiary/aromatic N) is 1. The first-order valence-electron chi connectivity index (χ1n) is 6.33. The van der Waals surface area contributed by atoms with Gasteiger partial charge in [0.2, 0.25) is 0 Å². The molecule has 1 aromatic carbocycles. The molecule has 112 valence electrons. The number of aryl methyl sites for hydroxylation is 1. The van der Waals surface area contributed by atoms with Gasteiger partial charge >= 0.3 is 6.18 Å². The van der Waals surface area contributed by atoms with Crippen molar-refractivity contribution in [2.24, 2.45) is 0 Å². The van der Waals surface area contributed by atoms with E-state index in [1.54, 1.807) is 6.20 Å². The summed E-state index contributed by atoms with van der Waals surface area (Å²) in [6.07, 6.45) is -2.85. The molecule has 1 aromatic heterocycles. The molecular weight excluding hydrogens is 284 g/mol. The fourth-order valence-electron chi connectivity index (χ4n) is 1.87. The van der Waals surface area contributed by atoms with Crippen molar-refractivity contribution >= 4 is 0 Å². The van der Waals surface area contributed by atoms with Crippen molar-refractivity contribution in [1.29, 1.82) is 0 Å². The third-order valence-electron chi connectivity index (χ3n) is 2.92. The van der Waals surface area contributed by atoms with E-state index in [9.17, 15) is 17.6 Å². The van der Waals surface area contributed by atoms with Gasteiger partial charge in [-0.15, -0.1) is 0 Å². The highest BCUT2D eigenvalue weighted by molar-refractivity contribution is 5.27. The zero-order chi connectivity index (χ0) is 15.5. The minimum absolute atomic E-state index is 0.148. The van der Waals surface area contributed by atoms with E-state index in [0.717, 1.165) is 23.4 Å². The molecule has 2 nitrogen and oxygen atoms in total. The Hall–Kier alpha value is -1.95. The predicted octanol–water partition coefficient (Wildman–Crippen LogP) is 3.84. The number of hydrogen-bond acceptors (Lipinski definition) is 2. The van der Waals surface area contributed by atoms with E-state index >= 15 is 0 Å². The van der Waals surface area contributed by atoms with Gasteiger partial charge in [0, 0.05) is 25.0 Å². The number of rotatable bonds is 4. The first-order valence-corrected chi connectivity index (χ1v) is 6.33. The Kier molecular flexibility index (Phi) is 4.57. The van der Waals surface area contributed by atoms with E-state index in [1.165, 1.54) is 0 Å². The fraction of sp³-hybridized carbons (Fsp3) is 0.267. The van der Waals surface area contributed by atoms with Gasteiger partial charge in [-0.3, -0.25) is 4.98 Å². The molecule has 0 saturated heterocycles. The van der Waals surface area contributed by atoms with Crippen molar-refractivity contribution in [2.75, 3.05) is 0 Å². The van der Waals surface area contributed by atoms with E-state index in [4.69, 9.17) is 0 Å². The molecule has 1 N–H and O–H groups in total. The average molecular weight is 298 g/mol. The number of pyridine rings is 1. The van der Waals surface area contributed by atoms with Crippen LogP contribution < -0.4 is 5.32 Å². The van der Waals surface area contributed by atoms with Crippen LogP contribution in [-0.2, 0) is 19.3 Å². The number of hydrogen-bond donors (Lipinski definition) is 1. The summed E-state index contributed by atoms with van der Waals surface area (Å²) in [5.74, 6) is -0.890. The van der Waals surface area contributed by atoms with Gasteiger partial charge in [-0.05, 0) is 42.3 Å².